The smallest absolute Gasteiger partial charge is 0.225 e. The molecule has 0 unspecified atom stereocenters. The highest BCUT2D eigenvalue weighted by Gasteiger charge is 2.38. The lowest BCUT2D eigenvalue weighted by molar-refractivity contribution is -0.132. The summed E-state index contributed by atoms with van der Waals surface area (Å²) < 4.78 is 5.39. The van der Waals surface area contributed by atoms with Crippen LogP contribution in [0.25, 0.3) is 0 Å². The first-order valence-electron chi connectivity index (χ1n) is 9.51. The zero-order valence-electron chi connectivity index (χ0n) is 16.0. The van der Waals surface area contributed by atoms with E-state index in [1.165, 1.54) is 5.56 Å². The third kappa shape index (κ3) is 6.02. The molecule has 6 heteroatoms. The van der Waals surface area contributed by atoms with E-state index in [9.17, 15) is 4.79 Å². The first kappa shape index (κ1) is 20.2. The summed E-state index contributed by atoms with van der Waals surface area (Å²) >= 11 is 0. The molecule has 0 saturated carbocycles. The maximum Gasteiger partial charge on any atom is 0.225 e. The van der Waals surface area contributed by atoms with Crippen molar-refractivity contribution in [1.82, 2.24) is 10.6 Å². The minimum atomic E-state index is -0.560. The predicted molar refractivity (Wildman–Crippen MR) is 105 cm³/mol. The standard InChI is InChI=1S/C20H32N4O2/c1-3-4-11-22-19(23-14-17-7-5-16(2)6-8-17)24-15-20(18(21)25)9-12-26-13-10-20/h5-8H,3-4,9-15H2,1-2H3,(H2,21,25)(H2,22,23,24). The minimum absolute atomic E-state index is 0.264. The van der Waals surface area contributed by atoms with Gasteiger partial charge in [0.25, 0.3) is 0 Å². The first-order valence-corrected chi connectivity index (χ1v) is 9.51. The van der Waals surface area contributed by atoms with Crippen molar-refractivity contribution >= 4 is 11.9 Å². The number of nitrogens with zero attached hydrogens (tertiary/aromatic N) is 1. The number of amides is 1. The number of aliphatic imine (C=N–C) groups is 1. The number of hydrogen-bond acceptors (Lipinski definition) is 3. The van der Waals surface area contributed by atoms with Crippen molar-refractivity contribution in [1.29, 1.82) is 0 Å². The average Bonchev–Trinajstić information content (AvgIpc) is 2.65. The quantitative estimate of drug-likeness (QED) is 0.376. The van der Waals surface area contributed by atoms with Gasteiger partial charge in [0.2, 0.25) is 5.91 Å². The van der Waals surface area contributed by atoms with Crippen LogP contribution >= 0.6 is 0 Å². The van der Waals surface area contributed by atoms with Gasteiger partial charge in [0.05, 0.1) is 12.0 Å². The number of benzene rings is 1. The summed E-state index contributed by atoms with van der Waals surface area (Å²) in [6, 6.07) is 8.36. The average molecular weight is 361 g/mol. The fourth-order valence-electron chi connectivity index (χ4n) is 2.95. The summed E-state index contributed by atoms with van der Waals surface area (Å²) in [5, 5.41) is 6.69. The molecule has 1 aliphatic heterocycles. The molecule has 0 atom stereocenters. The van der Waals surface area contributed by atoms with Crippen LogP contribution in [0.15, 0.2) is 29.3 Å². The second-order valence-electron chi connectivity index (χ2n) is 7.04. The molecular formula is C20H32N4O2. The third-order valence-corrected chi connectivity index (χ3v) is 4.93. The molecule has 1 amide bonds. The normalized spacial score (nSPS) is 16.9. The number of carbonyl (C=O) groups is 1. The van der Waals surface area contributed by atoms with E-state index in [0.717, 1.165) is 30.9 Å². The number of aryl methyl sites for hydroxylation is 1. The number of rotatable bonds is 8. The lowest BCUT2D eigenvalue weighted by Crippen LogP contribution is -2.51. The topological polar surface area (TPSA) is 88.7 Å². The van der Waals surface area contributed by atoms with Gasteiger partial charge in [-0.1, -0.05) is 43.2 Å². The molecule has 0 radical (unpaired) electrons. The molecule has 0 aliphatic carbocycles. The third-order valence-electron chi connectivity index (χ3n) is 4.93. The van der Waals surface area contributed by atoms with Crippen molar-refractivity contribution in [2.24, 2.45) is 16.1 Å². The molecule has 1 aromatic rings. The Hall–Kier alpha value is -2.08. The van der Waals surface area contributed by atoms with E-state index >= 15 is 0 Å². The summed E-state index contributed by atoms with van der Waals surface area (Å²) in [4.78, 5) is 16.7. The van der Waals surface area contributed by atoms with Crippen molar-refractivity contribution in [3.8, 4) is 0 Å². The number of ether oxygens (including phenoxy) is 1. The summed E-state index contributed by atoms with van der Waals surface area (Å²) in [5.41, 5.74) is 7.53. The van der Waals surface area contributed by atoms with Crippen LogP contribution in [0.4, 0.5) is 0 Å². The van der Waals surface area contributed by atoms with E-state index in [2.05, 4.69) is 53.7 Å². The summed E-state index contributed by atoms with van der Waals surface area (Å²) in [6.45, 7) is 7.30. The van der Waals surface area contributed by atoms with Crippen molar-refractivity contribution in [3.63, 3.8) is 0 Å². The Morgan fingerprint density at radius 3 is 2.54 bits per heavy atom. The SMILES string of the molecule is CCCCNC(=NCc1ccc(C)cc1)NCC1(C(N)=O)CCOCC1. The van der Waals surface area contributed by atoms with Gasteiger partial charge in [0.1, 0.15) is 0 Å². The number of guanidine groups is 1. The van der Waals surface area contributed by atoms with Crippen LogP contribution in [0.1, 0.15) is 43.7 Å². The molecular weight excluding hydrogens is 328 g/mol. The Balaban J connectivity index is 2.01. The lowest BCUT2D eigenvalue weighted by Gasteiger charge is -2.34. The number of primary amides is 1. The molecule has 26 heavy (non-hydrogen) atoms. The van der Waals surface area contributed by atoms with Gasteiger partial charge in [-0.2, -0.15) is 0 Å². The van der Waals surface area contributed by atoms with Crippen LogP contribution in [0, 0.1) is 12.3 Å². The van der Waals surface area contributed by atoms with Gasteiger partial charge in [0.15, 0.2) is 5.96 Å². The Bertz CT molecular complexity index is 592. The Kier molecular flexibility index (Phi) is 7.91. The van der Waals surface area contributed by atoms with Crippen molar-refractivity contribution < 1.29 is 9.53 Å². The van der Waals surface area contributed by atoms with Gasteiger partial charge in [-0.3, -0.25) is 4.79 Å². The van der Waals surface area contributed by atoms with Crippen LogP contribution < -0.4 is 16.4 Å². The first-order chi connectivity index (χ1) is 12.6. The maximum atomic E-state index is 12.0. The van der Waals surface area contributed by atoms with Crippen LogP contribution in [-0.2, 0) is 16.1 Å². The van der Waals surface area contributed by atoms with Gasteiger partial charge in [-0.05, 0) is 31.7 Å². The van der Waals surface area contributed by atoms with Gasteiger partial charge in [0, 0.05) is 26.3 Å². The summed E-state index contributed by atoms with van der Waals surface area (Å²) in [6.07, 6.45) is 3.48. The summed E-state index contributed by atoms with van der Waals surface area (Å²) in [7, 11) is 0. The summed E-state index contributed by atoms with van der Waals surface area (Å²) in [5.74, 6) is 0.464. The fourth-order valence-corrected chi connectivity index (χ4v) is 2.95. The molecule has 4 N–H and O–H groups in total. The molecule has 1 saturated heterocycles. The number of carbonyl (C=O) groups excluding carboxylic acids is 1. The molecule has 2 rings (SSSR count). The van der Waals surface area contributed by atoms with Crippen LogP contribution in [-0.4, -0.2) is 38.2 Å². The molecule has 1 fully saturated rings. The van der Waals surface area contributed by atoms with Gasteiger partial charge in [-0.15, -0.1) is 0 Å². The number of nitrogens with two attached hydrogens (primary N) is 1. The minimum Gasteiger partial charge on any atom is -0.381 e. The van der Waals surface area contributed by atoms with Gasteiger partial charge >= 0.3 is 0 Å². The predicted octanol–water partition coefficient (Wildman–Crippen LogP) is 2.11. The molecule has 1 heterocycles. The van der Waals surface area contributed by atoms with Crippen molar-refractivity contribution in [2.75, 3.05) is 26.3 Å². The molecule has 6 nitrogen and oxygen atoms in total. The van der Waals surface area contributed by atoms with E-state index in [0.29, 0.717) is 39.1 Å². The van der Waals surface area contributed by atoms with Crippen LogP contribution in [0.2, 0.25) is 0 Å². The molecule has 0 bridgehead atoms. The van der Waals surface area contributed by atoms with Crippen molar-refractivity contribution in [2.45, 2.75) is 46.1 Å². The Morgan fingerprint density at radius 1 is 1.23 bits per heavy atom. The lowest BCUT2D eigenvalue weighted by atomic mass is 9.79. The van der Waals surface area contributed by atoms with Crippen LogP contribution in [0.3, 0.4) is 0 Å². The fraction of sp³-hybridized carbons (Fsp3) is 0.600. The maximum absolute atomic E-state index is 12.0. The van der Waals surface area contributed by atoms with Gasteiger partial charge in [-0.25, -0.2) is 4.99 Å². The van der Waals surface area contributed by atoms with Crippen LogP contribution in [0.5, 0.6) is 0 Å². The van der Waals surface area contributed by atoms with Crippen molar-refractivity contribution in [3.05, 3.63) is 35.4 Å². The second-order valence-corrected chi connectivity index (χ2v) is 7.04. The number of nitrogens with one attached hydrogen (secondary N) is 2. The number of unbranched alkanes of at least 4 members (excludes halogenated alkanes) is 1. The zero-order chi connectivity index (χ0) is 18.8. The van der Waals surface area contributed by atoms with Gasteiger partial charge < -0.3 is 21.1 Å². The molecule has 0 aromatic heterocycles. The van der Waals surface area contributed by atoms with E-state index in [1.54, 1.807) is 0 Å². The Labute approximate surface area is 156 Å². The van der Waals surface area contributed by atoms with E-state index < -0.39 is 5.41 Å². The highest BCUT2D eigenvalue weighted by Crippen LogP contribution is 2.29. The highest BCUT2D eigenvalue weighted by atomic mass is 16.5. The largest absolute Gasteiger partial charge is 0.381 e. The van der Waals surface area contributed by atoms with E-state index in [1.807, 2.05) is 0 Å². The Morgan fingerprint density at radius 2 is 1.92 bits per heavy atom. The molecule has 144 valence electrons. The highest BCUT2D eigenvalue weighted by molar-refractivity contribution is 5.84. The molecule has 0 spiro atoms. The number of hydrogen-bond donors (Lipinski definition) is 3. The van der Waals surface area contributed by atoms with E-state index in [-0.39, 0.29) is 5.91 Å². The van der Waals surface area contributed by atoms with E-state index in [4.69, 9.17) is 10.5 Å². The zero-order valence-corrected chi connectivity index (χ0v) is 16.0. The molecule has 1 aromatic carbocycles. The monoisotopic (exact) mass is 360 g/mol. The second kappa shape index (κ2) is 10.2. The molecule has 1 aliphatic rings.